The highest BCUT2D eigenvalue weighted by molar-refractivity contribution is 14.0. The van der Waals surface area contributed by atoms with Crippen LogP contribution in [0.5, 0.6) is 0 Å². The van der Waals surface area contributed by atoms with Gasteiger partial charge in [0.15, 0.2) is 5.96 Å². The van der Waals surface area contributed by atoms with E-state index in [9.17, 15) is 0 Å². The number of furan rings is 1. The Bertz CT molecular complexity index is 640. The quantitative estimate of drug-likeness (QED) is 0.219. The molecule has 0 saturated heterocycles. The van der Waals surface area contributed by atoms with Crippen LogP contribution >= 0.6 is 24.0 Å². The van der Waals surface area contributed by atoms with Gasteiger partial charge in [-0.2, -0.15) is 0 Å². The third-order valence-electron chi connectivity index (χ3n) is 3.67. The second-order valence-electron chi connectivity index (χ2n) is 6.50. The molecule has 2 aromatic rings. The van der Waals surface area contributed by atoms with Gasteiger partial charge in [0.05, 0.1) is 6.26 Å². The van der Waals surface area contributed by atoms with Crippen LogP contribution in [0.1, 0.15) is 38.8 Å². The molecule has 2 N–H and O–H groups in total. The van der Waals surface area contributed by atoms with Crippen molar-refractivity contribution in [2.75, 3.05) is 19.7 Å². The van der Waals surface area contributed by atoms with Gasteiger partial charge in [0.2, 0.25) is 0 Å². The number of aromatic nitrogens is 2. The molecule has 0 aliphatic heterocycles. The number of rotatable bonds is 11. The van der Waals surface area contributed by atoms with Crippen LogP contribution in [0.15, 0.2) is 40.2 Å². The predicted octanol–water partition coefficient (Wildman–Crippen LogP) is 3.41. The van der Waals surface area contributed by atoms with Gasteiger partial charge in [0.1, 0.15) is 24.7 Å². The Kier molecular flexibility index (Phi) is 11.8. The van der Waals surface area contributed by atoms with Crippen molar-refractivity contribution in [1.29, 1.82) is 0 Å². The maximum absolute atomic E-state index is 5.58. The van der Waals surface area contributed by atoms with Gasteiger partial charge in [-0.1, -0.05) is 13.8 Å². The SMILES string of the molecule is CCNC(=NCc1nccn1CC(C)C)NCCCOCc1ccco1.I. The van der Waals surface area contributed by atoms with E-state index in [2.05, 4.69) is 45.9 Å². The molecule has 0 bridgehead atoms. The molecule has 0 unspecified atom stereocenters. The average Bonchev–Trinajstić information content (AvgIpc) is 3.27. The van der Waals surface area contributed by atoms with E-state index >= 15 is 0 Å². The largest absolute Gasteiger partial charge is 0.467 e. The zero-order valence-corrected chi connectivity index (χ0v) is 18.8. The van der Waals surface area contributed by atoms with Crippen LogP contribution in [0, 0.1) is 5.92 Å². The normalized spacial score (nSPS) is 11.5. The van der Waals surface area contributed by atoms with Crippen LogP contribution in [-0.2, 0) is 24.4 Å². The Hall–Kier alpha value is -1.55. The first kappa shape index (κ1) is 23.5. The van der Waals surface area contributed by atoms with Crippen LogP contribution in [0.2, 0.25) is 0 Å². The fraction of sp³-hybridized carbons (Fsp3) is 0.579. The maximum Gasteiger partial charge on any atom is 0.191 e. The summed E-state index contributed by atoms with van der Waals surface area (Å²) in [6.07, 6.45) is 6.41. The topological polar surface area (TPSA) is 76.6 Å². The molecule has 7 nitrogen and oxygen atoms in total. The first-order chi connectivity index (χ1) is 12.7. The number of halogens is 1. The molecular formula is C19H32IN5O2. The van der Waals surface area contributed by atoms with Crippen molar-refractivity contribution in [1.82, 2.24) is 20.2 Å². The minimum Gasteiger partial charge on any atom is -0.467 e. The van der Waals surface area contributed by atoms with Crippen molar-refractivity contribution in [3.63, 3.8) is 0 Å². The van der Waals surface area contributed by atoms with Crippen molar-refractivity contribution < 1.29 is 9.15 Å². The summed E-state index contributed by atoms with van der Waals surface area (Å²) in [5, 5.41) is 6.60. The van der Waals surface area contributed by atoms with Crippen LogP contribution in [-0.4, -0.2) is 35.2 Å². The first-order valence-electron chi connectivity index (χ1n) is 9.31. The molecule has 0 fully saturated rings. The number of imidazole rings is 1. The number of aliphatic imine (C=N–C) groups is 1. The fourth-order valence-corrected chi connectivity index (χ4v) is 2.49. The standard InChI is InChI=1S/C19H31N5O2.HI/c1-4-20-19(22-8-6-11-25-15-17-7-5-12-26-17)23-13-18-21-9-10-24(18)14-16(2)3;/h5,7,9-10,12,16H,4,6,8,11,13-15H2,1-3H3,(H2,20,22,23);1H. The lowest BCUT2D eigenvalue weighted by Gasteiger charge is -2.12. The summed E-state index contributed by atoms with van der Waals surface area (Å²) in [5.74, 6) is 3.22. The monoisotopic (exact) mass is 489 g/mol. The summed E-state index contributed by atoms with van der Waals surface area (Å²) in [6.45, 7) is 10.8. The molecule has 0 aromatic carbocycles. The zero-order chi connectivity index (χ0) is 18.6. The molecule has 27 heavy (non-hydrogen) atoms. The molecular weight excluding hydrogens is 457 g/mol. The molecule has 0 saturated carbocycles. The highest BCUT2D eigenvalue weighted by atomic mass is 127. The van der Waals surface area contributed by atoms with E-state index in [1.807, 2.05) is 24.5 Å². The van der Waals surface area contributed by atoms with E-state index in [1.54, 1.807) is 6.26 Å². The van der Waals surface area contributed by atoms with Crippen molar-refractivity contribution >= 4 is 29.9 Å². The fourth-order valence-electron chi connectivity index (χ4n) is 2.49. The third-order valence-corrected chi connectivity index (χ3v) is 3.67. The summed E-state index contributed by atoms with van der Waals surface area (Å²) in [4.78, 5) is 9.06. The van der Waals surface area contributed by atoms with Gasteiger partial charge in [-0.05, 0) is 31.4 Å². The number of guanidine groups is 1. The number of ether oxygens (including phenoxy) is 1. The minimum atomic E-state index is 0. The van der Waals surface area contributed by atoms with Crippen LogP contribution < -0.4 is 10.6 Å². The summed E-state index contributed by atoms with van der Waals surface area (Å²) >= 11 is 0. The summed E-state index contributed by atoms with van der Waals surface area (Å²) in [7, 11) is 0. The number of nitrogens with zero attached hydrogens (tertiary/aromatic N) is 3. The Morgan fingerprint density at radius 1 is 1.37 bits per heavy atom. The van der Waals surface area contributed by atoms with Crippen LogP contribution in [0.4, 0.5) is 0 Å². The smallest absolute Gasteiger partial charge is 0.191 e. The van der Waals surface area contributed by atoms with Gasteiger partial charge < -0.3 is 24.4 Å². The summed E-state index contributed by atoms with van der Waals surface area (Å²) in [5.41, 5.74) is 0. The summed E-state index contributed by atoms with van der Waals surface area (Å²) < 4.78 is 13.0. The Morgan fingerprint density at radius 3 is 2.93 bits per heavy atom. The van der Waals surface area contributed by atoms with E-state index in [0.29, 0.717) is 25.7 Å². The van der Waals surface area contributed by atoms with Gasteiger partial charge >= 0.3 is 0 Å². The summed E-state index contributed by atoms with van der Waals surface area (Å²) in [6, 6.07) is 3.78. The first-order valence-corrected chi connectivity index (χ1v) is 9.31. The predicted molar refractivity (Wildman–Crippen MR) is 118 cm³/mol. The average molecular weight is 489 g/mol. The second-order valence-corrected chi connectivity index (χ2v) is 6.50. The third kappa shape index (κ3) is 9.28. The van der Waals surface area contributed by atoms with E-state index in [-0.39, 0.29) is 24.0 Å². The molecule has 0 atom stereocenters. The Morgan fingerprint density at radius 2 is 2.22 bits per heavy atom. The van der Waals surface area contributed by atoms with Crippen LogP contribution in [0.3, 0.4) is 0 Å². The molecule has 0 spiro atoms. The molecule has 2 aromatic heterocycles. The van der Waals surface area contributed by atoms with E-state index in [4.69, 9.17) is 9.15 Å². The molecule has 0 amide bonds. The minimum absolute atomic E-state index is 0. The molecule has 2 heterocycles. The lowest BCUT2D eigenvalue weighted by atomic mass is 10.2. The Balaban J connectivity index is 0.00000364. The van der Waals surface area contributed by atoms with E-state index < -0.39 is 0 Å². The highest BCUT2D eigenvalue weighted by Gasteiger charge is 2.05. The van der Waals surface area contributed by atoms with Crippen molar-refractivity contribution in [2.45, 2.75) is 46.9 Å². The highest BCUT2D eigenvalue weighted by Crippen LogP contribution is 2.05. The zero-order valence-electron chi connectivity index (χ0n) is 16.5. The van der Waals surface area contributed by atoms with E-state index in [1.165, 1.54) is 0 Å². The maximum atomic E-state index is 5.58. The van der Waals surface area contributed by atoms with Crippen molar-refractivity contribution in [3.8, 4) is 0 Å². The molecule has 0 radical (unpaired) electrons. The molecule has 152 valence electrons. The molecule has 0 aliphatic carbocycles. The number of nitrogens with one attached hydrogen (secondary N) is 2. The van der Waals surface area contributed by atoms with Gasteiger partial charge in [-0.25, -0.2) is 9.98 Å². The molecule has 2 rings (SSSR count). The van der Waals surface area contributed by atoms with E-state index in [0.717, 1.165) is 43.6 Å². The molecule has 8 heteroatoms. The van der Waals surface area contributed by atoms with Gasteiger partial charge in [-0.3, -0.25) is 0 Å². The lowest BCUT2D eigenvalue weighted by molar-refractivity contribution is 0.105. The van der Waals surface area contributed by atoms with Gasteiger partial charge in [-0.15, -0.1) is 24.0 Å². The molecule has 0 aliphatic rings. The van der Waals surface area contributed by atoms with Crippen LogP contribution in [0.25, 0.3) is 0 Å². The lowest BCUT2D eigenvalue weighted by Crippen LogP contribution is -2.38. The van der Waals surface area contributed by atoms with Crippen molar-refractivity contribution in [3.05, 3.63) is 42.4 Å². The number of hydrogen-bond donors (Lipinski definition) is 2. The number of hydrogen-bond acceptors (Lipinski definition) is 4. The van der Waals surface area contributed by atoms with Crippen molar-refractivity contribution in [2.24, 2.45) is 10.9 Å². The second kappa shape index (κ2) is 13.6. The Labute approximate surface area is 179 Å². The van der Waals surface area contributed by atoms with Gasteiger partial charge in [0, 0.05) is 38.6 Å². The van der Waals surface area contributed by atoms with Gasteiger partial charge in [0.25, 0.3) is 0 Å².